The fourth-order valence-electron chi connectivity index (χ4n) is 2.26. The Bertz CT molecular complexity index is 996. The molecule has 1 N–H and O–H groups in total. The number of aromatic nitrogens is 3. The minimum absolute atomic E-state index is 0.0634. The molecule has 0 bridgehead atoms. The van der Waals surface area contributed by atoms with Crippen LogP contribution in [0.2, 0.25) is 5.02 Å². The van der Waals surface area contributed by atoms with Crippen molar-refractivity contribution in [2.24, 2.45) is 0 Å². The predicted octanol–water partition coefficient (Wildman–Crippen LogP) is 5.95. The molecule has 0 amide bonds. The van der Waals surface area contributed by atoms with Gasteiger partial charge in [0.1, 0.15) is 10.7 Å². The van der Waals surface area contributed by atoms with Gasteiger partial charge >= 0.3 is 5.97 Å². The smallest absolute Gasteiger partial charge is 0.342 e. The molecule has 3 rings (SSSR count). The fraction of sp³-hybridized carbons (Fsp3) is 0.118. The molecule has 3 aromatic rings. The number of hydrogen-bond acceptors (Lipinski definition) is 5. The van der Waals surface area contributed by atoms with Crippen LogP contribution in [0.4, 0.5) is 0 Å². The van der Waals surface area contributed by atoms with Crippen molar-refractivity contribution in [3.63, 3.8) is 0 Å². The highest BCUT2D eigenvalue weighted by Gasteiger charge is 2.19. The van der Waals surface area contributed by atoms with Crippen LogP contribution in [0.1, 0.15) is 12.7 Å². The molecule has 0 radical (unpaired) electrons. The molecular formula is C17H12Br2ClN3O3S. The molecule has 2 heterocycles. The van der Waals surface area contributed by atoms with Gasteiger partial charge in [-0.25, -0.2) is 4.79 Å². The maximum absolute atomic E-state index is 11.7. The summed E-state index contributed by atoms with van der Waals surface area (Å²) in [4.78, 5) is 11.8. The third-order valence-corrected chi connectivity index (χ3v) is 6.44. The average molecular weight is 534 g/mol. The number of thioether (sulfide) groups is 1. The van der Waals surface area contributed by atoms with E-state index in [9.17, 15) is 9.90 Å². The summed E-state index contributed by atoms with van der Waals surface area (Å²) >= 11 is 13.5. The maximum atomic E-state index is 11.7. The van der Waals surface area contributed by atoms with Crippen LogP contribution < -0.4 is 0 Å². The van der Waals surface area contributed by atoms with E-state index in [4.69, 9.17) is 16.0 Å². The van der Waals surface area contributed by atoms with Gasteiger partial charge in [0.15, 0.2) is 15.7 Å². The molecule has 0 saturated heterocycles. The molecule has 0 aliphatic rings. The summed E-state index contributed by atoms with van der Waals surface area (Å²) in [7, 11) is 0. The Morgan fingerprint density at radius 3 is 2.59 bits per heavy atom. The standard InChI is InChI=1S/C17H12Br2ClN3O3S/c1-2-23-15(9-3-5-10(20)6-4-9)21-22-17(23)27-13(16(24)25)8-11-7-12(18)14(19)26-11/h3-8H,2H2,1H3,(H,24,25)/b13-8-. The van der Waals surface area contributed by atoms with Crippen molar-refractivity contribution in [3.05, 3.63) is 55.2 Å². The number of nitrogens with zero attached hydrogens (tertiary/aromatic N) is 3. The van der Waals surface area contributed by atoms with Crippen LogP contribution in [0.5, 0.6) is 0 Å². The largest absolute Gasteiger partial charge is 0.477 e. The Labute approximate surface area is 180 Å². The lowest BCUT2D eigenvalue weighted by Gasteiger charge is -2.07. The SMILES string of the molecule is CCn1c(S/C(=C\c2cc(Br)c(Br)o2)C(=O)O)nnc1-c1ccc(Cl)cc1. The number of halogens is 3. The number of hydrogen-bond donors (Lipinski definition) is 1. The van der Waals surface area contributed by atoms with Gasteiger partial charge in [-0.2, -0.15) is 0 Å². The monoisotopic (exact) mass is 531 g/mol. The van der Waals surface area contributed by atoms with Gasteiger partial charge in [0.25, 0.3) is 0 Å². The first-order valence-electron chi connectivity index (χ1n) is 7.66. The van der Waals surface area contributed by atoms with Gasteiger partial charge in [-0.3, -0.25) is 0 Å². The van der Waals surface area contributed by atoms with E-state index in [0.717, 1.165) is 17.3 Å². The van der Waals surface area contributed by atoms with Crippen LogP contribution in [-0.2, 0) is 11.3 Å². The van der Waals surface area contributed by atoms with Crippen LogP contribution in [0.25, 0.3) is 17.5 Å². The zero-order chi connectivity index (χ0) is 19.6. The summed E-state index contributed by atoms with van der Waals surface area (Å²) < 4.78 is 8.47. The van der Waals surface area contributed by atoms with Crippen LogP contribution in [0.3, 0.4) is 0 Å². The van der Waals surface area contributed by atoms with Gasteiger partial charge in [0.05, 0.1) is 4.47 Å². The number of carboxylic acids is 1. The Morgan fingerprint density at radius 2 is 2.04 bits per heavy atom. The molecular weight excluding hydrogens is 522 g/mol. The molecule has 0 unspecified atom stereocenters. The fourth-order valence-corrected chi connectivity index (χ4v) is 3.86. The lowest BCUT2D eigenvalue weighted by atomic mass is 10.2. The summed E-state index contributed by atoms with van der Waals surface area (Å²) in [6, 6.07) is 8.91. The molecule has 27 heavy (non-hydrogen) atoms. The first kappa shape index (κ1) is 20.2. The molecule has 0 atom stereocenters. The molecule has 0 saturated carbocycles. The van der Waals surface area contributed by atoms with Crippen LogP contribution in [-0.4, -0.2) is 25.8 Å². The van der Waals surface area contributed by atoms with Crippen molar-refractivity contribution in [3.8, 4) is 11.4 Å². The van der Waals surface area contributed by atoms with Gasteiger partial charge in [-0.15, -0.1) is 10.2 Å². The first-order chi connectivity index (χ1) is 12.9. The number of carbonyl (C=O) groups is 1. The van der Waals surface area contributed by atoms with E-state index in [1.54, 1.807) is 18.2 Å². The van der Waals surface area contributed by atoms with Gasteiger partial charge in [-0.1, -0.05) is 11.6 Å². The van der Waals surface area contributed by atoms with Crippen molar-refractivity contribution in [2.75, 3.05) is 0 Å². The van der Waals surface area contributed by atoms with Gasteiger partial charge < -0.3 is 14.1 Å². The van der Waals surface area contributed by atoms with E-state index in [1.165, 1.54) is 6.08 Å². The highest BCUT2D eigenvalue weighted by atomic mass is 79.9. The van der Waals surface area contributed by atoms with Crippen LogP contribution in [0.15, 0.2) is 54.0 Å². The van der Waals surface area contributed by atoms with Crippen LogP contribution >= 0.6 is 55.2 Å². The minimum atomic E-state index is -1.08. The third kappa shape index (κ3) is 4.66. The second kappa shape index (κ2) is 8.64. The second-order valence-electron chi connectivity index (χ2n) is 5.24. The van der Waals surface area contributed by atoms with E-state index >= 15 is 0 Å². The van der Waals surface area contributed by atoms with E-state index in [-0.39, 0.29) is 4.91 Å². The van der Waals surface area contributed by atoms with Crippen molar-refractivity contribution >= 4 is 67.3 Å². The number of rotatable bonds is 6. The number of benzene rings is 1. The molecule has 1 aromatic carbocycles. The Morgan fingerprint density at radius 1 is 1.33 bits per heavy atom. The van der Waals surface area contributed by atoms with Crippen molar-refractivity contribution in [1.29, 1.82) is 0 Å². The lowest BCUT2D eigenvalue weighted by molar-refractivity contribution is -0.131. The number of carboxylic acid groups (broad SMARTS) is 1. The molecule has 0 spiro atoms. The highest BCUT2D eigenvalue weighted by molar-refractivity contribution is 9.13. The van der Waals surface area contributed by atoms with Gasteiger partial charge in [-0.05, 0) is 80.9 Å². The molecule has 140 valence electrons. The lowest BCUT2D eigenvalue weighted by Crippen LogP contribution is -2.02. The molecule has 2 aromatic heterocycles. The maximum Gasteiger partial charge on any atom is 0.342 e. The highest BCUT2D eigenvalue weighted by Crippen LogP contribution is 2.33. The molecule has 6 nitrogen and oxygen atoms in total. The second-order valence-corrected chi connectivity index (χ2v) is 8.26. The number of aliphatic carboxylic acids is 1. The molecule has 0 aliphatic carbocycles. The van der Waals surface area contributed by atoms with E-state index in [2.05, 4.69) is 42.1 Å². The quantitative estimate of drug-likeness (QED) is 0.311. The number of furan rings is 1. The minimum Gasteiger partial charge on any atom is -0.477 e. The zero-order valence-electron chi connectivity index (χ0n) is 13.8. The third-order valence-electron chi connectivity index (χ3n) is 3.49. The Balaban J connectivity index is 1.95. The summed E-state index contributed by atoms with van der Waals surface area (Å²) in [5, 5.41) is 19.0. The van der Waals surface area contributed by atoms with E-state index in [1.807, 2.05) is 23.6 Å². The normalized spacial score (nSPS) is 11.8. The van der Waals surface area contributed by atoms with Crippen LogP contribution in [0, 0.1) is 0 Å². The average Bonchev–Trinajstić information content (AvgIpc) is 3.17. The van der Waals surface area contributed by atoms with Crippen molar-refractivity contribution in [1.82, 2.24) is 14.8 Å². The first-order valence-corrected chi connectivity index (χ1v) is 10.4. The van der Waals surface area contributed by atoms with Gasteiger partial charge in [0.2, 0.25) is 0 Å². The topological polar surface area (TPSA) is 81.2 Å². The molecule has 10 heteroatoms. The predicted molar refractivity (Wildman–Crippen MR) is 112 cm³/mol. The molecule has 0 aliphatic heterocycles. The summed E-state index contributed by atoms with van der Waals surface area (Å²) in [5.41, 5.74) is 0.848. The molecule has 0 fully saturated rings. The Kier molecular flexibility index (Phi) is 6.46. The van der Waals surface area contributed by atoms with E-state index in [0.29, 0.717) is 37.5 Å². The summed E-state index contributed by atoms with van der Waals surface area (Å²) in [5.74, 6) is -0.0358. The van der Waals surface area contributed by atoms with Gasteiger partial charge in [0, 0.05) is 23.2 Å². The summed E-state index contributed by atoms with van der Waals surface area (Å²) in [6.45, 7) is 2.52. The van der Waals surface area contributed by atoms with E-state index < -0.39 is 5.97 Å². The zero-order valence-corrected chi connectivity index (χ0v) is 18.6. The van der Waals surface area contributed by atoms with Crippen molar-refractivity contribution < 1.29 is 14.3 Å². The summed E-state index contributed by atoms with van der Waals surface area (Å²) in [6.07, 6.45) is 1.44. The van der Waals surface area contributed by atoms with Crippen molar-refractivity contribution in [2.45, 2.75) is 18.6 Å². The Hall–Kier alpha value is -1.55.